The van der Waals surface area contributed by atoms with Crippen LogP contribution in [0.5, 0.6) is 0 Å². The second-order valence-electron chi connectivity index (χ2n) is 6.04. The number of benzene rings is 1. The Balaban J connectivity index is 1.87. The van der Waals surface area contributed by atoms with E-state index in [0.717, 1.165) is 12.3 Å². The molecule has 0 bridgehead atoms. The zero-order valence-electron chi connectivity index (χ0n) is 14.4. The first-order valence-electron chi connectivity index (χ1n) is 8.08. The number of aliphatic hydroxyl groups is 1. The highest BCUT2D eigenvalue weighted by atomic mass is 35.5. The Labute approximate surface area is 165 Å². The number of halogens is 2. The van der Waals surface area contributed by atoms with Gasteiger partial charge in [0.05, 0.1) is 5.56 Å². The first-order chi connectivity index (χ1) is 13.8. The number of carbonyl (C=O) groups excluding carboxylic acids is 1. The summed E-state index contributed by atoms with van der Waals surface area (Å²) in [6.45, 7) is -0.894. The zero-order valence-corrected chi connectivity index (χ0v) is 15.2. The van der Waals surface area contributed by atoms with Gasteiger partial charge in [-0.2, -0.15) is 0 Å². The molecule has 4 unspecified atom stereocenters. The third kappa shape index (κ3) is 4.00. The minimum Gasteiger partial charge on any atom is -0.459 e. The molecule has 0 radical (unpaired) electrons. The lowest BCUT2D eigenvalue weighted by atomic mass is 10.1. The highest BCUT2D eigenvalue weighted by molar-refractivity contribution is 6.30. The molecule has 2 N–H and O–H groups in total. The summed E-state index contributed by atoms with van der Waals surface area (Å²) in [6.07, 6.45) is -4.99. The fourth-order valence-corrected chi connectivity index (χ4v) is 2.96. The van der Waals surface area contributed by atoms with Gasteiger partial charge in [-0.1, -0.05) is 22.8 Å². The van der Waals surface area contributed by atoms with Crippen LogP contribution in [0.3, 0.4) is 0 Å². The first kappa shape index (κ1) is 20.6. The van der Waals surface area contributed by atoms with Crippen molar-refractivity contribution in [3.8, 4) is 0 Å². The van der Waals surface area contributed by atoms with E-state index in [0.29, 0.717) is 4.57 Å². The molecule has 1 aromatic heterocycles. The van der Waals surface area contributed by atoms with Gasteiger partial charge in [-0.05, 0) is 23.7 Å². The molecule has 0 saturated carbocycles. The minimum absolute atomic E-state index is 0.0518. The molecule has 2 aromatic rings. The number of aromatic amines is 1. The number of H-pyrrole nitrogens is 1. The lowest BCUT2D eigenvalue weighted by Crippen LogP contribution is -2.43. The van der Waals surface area contributed by atoms with Crippen LogP contribution in [0.15, 0.2) is 51.2 Å². The molecule has 152 valence electrons. The maximum Gasteiger partial charge on any atom is 0.338 e. The normalized spacial score (nSPS) is 26.0. The Kier molecular flexibility index (Phi) is 5.71. The largest absolute Gasteiger partial charge is 0.459 e. The van der Waals surface area contributed by atoms with E-state index in [1.165, 1.54) is 24.3 Å². The summed E-state index contributed by atoms with van der Waals surface area (Å²) in [5, 5.41) is 13.7. The van der Waals surface area contributed by atoms with Crippen LogP contribution in [0, 0.1) is 0 Å². The Hall–Kier alpha value is -3.18. The van der Waals surface area contributed by atoms with Crippen molar-refractivity contribution in [1.82, 2.24) is 9.55 Å². The van der Waals surface area contributed by atoms with Gasteiger partial charge in [-0.3, -0.25) is 14.3 Å². The van der Waals surface area contributed by atoms with Crippen molar-refractivity contribution in [3.63, 3.8) is 0 Å². The molecule has 1 saturated heterocycles. The van der Waals surface area contributed by atoms with Crippen molar-refractivity contribution < 1.29 is 23.8 Å². The molecule has 0 amide bonds. The van der Waals surface area contributed by atoms with Gasteiger partial charge in [0.2, 0.25) is 5.72 Å². The molecule has 1 aromatic carbocycles. The standard InChI is InChI=1S/C16H13ClFN5O6/c17-9-3-1-2-8(6-9)14(26)28-7-16(21-22-19)12(18)11(25)13(29-16)23-5-4-10(24)20-15(23)27/h1-6,11-13,25H,7H2,(H,20,24,27). The number of ether oxygens (including phenoxy) is 2. The number of hydrogen-bond acceptors (Lipinski definition) is 7. The Bertz CT molecular complexity index is 1100. The smallest absolute Gasteiger partial charge is 0.338 e. The number of carbonyl (C=O) groups is 1. The van der Waals surface area contributed by atoms with E-state index in [1.54, 1.807) is 0 Å². The van der Waals surface area contributed by atoms with Crippen molar-refractivity contribution in [2.24, 2.45) is 5.11 Å². The van der Waals surface area contributed by atoms with E-state index in [-0.39, 0.29) is 10.6 Å². The Morgan fingerprint density at radius 3 is 2.90 bits per heavy atom. The fourth-order valence-electron chi connectivity index (χ4n) is 2.77. The highest BCUT2D eigenvalue weighted by Crippen LogP contribution is 2.40. The van der Waals surface area contributed by atoms with Gasteiger partial charge in [-0.15, -0.1) is 0 Å². The average Bonchev–Trinajstić information content (AvgIpc) is 2.92. The molecule has 13 heteroatoms. The number of esters is 1. The van der Waals surface area contributed by atoms with Gasteiger partial charge in [0.15, 0.2) is 12.4 Å². The topological polar surface area (TPSA) is 159 Å². The van der Waals surface area contributed by atoms with Crippen molar-refractivity contribution in [2.45, 2.75) is 24.2 Å². The summed E-state index contributed by atoms with van der Waals surface area (Å²) in [5.41, 5.74) is 4.73. The van der Waals surface area contributed by atoms with Crippen LogP contribution in [-0.4, -0.2) is 45.2 Å². The predicted octanol–water partition coefficient (Wildman–Crippen LogP) is 1.28. The second-order valence-corrected chi connectivity index (χ2v) is 6.48. The molecule has 29 heavy (non-hydrogen) atoms. The highest BCUT2D eigenvalue weighted by Gasteiger charge is 2.57. The van der Waals surface area contributed by atoms with Crippen LogP contribution in [0.1, 0.15) is 16.6 Å². The molecule has 1 aliphatic rings. The fraction of sp³-hybridized carbons (Fsp3) is 0.312. The predicted molar refractivity (Wildman–Crippen MR) is 96.0 cm³/mol. The van der Waals surface area contributed by atoms with Crippen LogP contribution >= 0.6 is 11.6 Å². The molecule has 1 fully saturated rings. The molecule has 0 spiro atoms. The molecular formula is C16H13ClFN5O6. The zero-order chi connectivity index (χ0) is 21.2. The maximum atomic E-state index is 14.8. The van der Waals surface area contributed by atoms with Crippen molar-refractivity contribution in [1.29, 1.82) is 0 Å². The quantitative estimate of drug-likeness (QED) is 0.317. The summed E-state index contributed by atoms with van der Waals surface area (Å²) >= 11 is 5.80. The van der Waals surface area contributed by atoms with Gasteiger partial charge in [0.25, 0.3) is 5.56 Å². The van der Waals surface area contributed by atoms with Crippen LogP contribution in [0.4, 0.5) is 4.39 Å². The molecule has 1 aliphatic heterocycles. The van der Waals surface area contributed by atoms with Gasteiger partial charge in [0.1, 0.15) is 12.7 Å². The summed E-state index contributed by atoms with van der Waals surface area (Å²) in [7, 11) is 0. The molecule has 3 rings (SSSR count). The number of rotatable bonds is 5. The van der Waals surface area contributed by atoms with Crippen molar-refractivity contribution >= 4 is 17.6 Å². The van der Waals surface area contributed by atoms with E-state index in [4.69, 9.17) is 26.6 Å². The molecule has 4 atom stereocenters. The van der Waals surface area contributed by atoms with E-state index in [9.17, 15) is 23.9 Å². The number of aromatic nitrogens is 2. The third-order valence-corrected chi connectivity index (χ3v) is 4.39. The van der Waals surface area contributed by atoms with Crippen molar-refractivity contribution in [3.05, 3.63) is 78.4 Å². The lowest BCUT2D eigenvalue weighted by molar-refractivity contribution is -0.118. The lowest BCUT2D eigenvalue weighted by Gasteiger charge is -2.25. The number of alkyl halides is 1. The molecule has 2 heterocycles. The van der Waals surface area contributed by atoms with Gasteiger partial charge in [0, 0.05) is 22.2 Å². The third-order valence-electron chi connectivity index (χ3n) is 4.16. The Morgan fingerprint density at radius 1 is 1.48 bits per heavy atom. The van der Waals surface area contributed by atoms with Crippen molar-refractivity contribution in [2.75, 3.05) is 6.61 Å². The first-order valence-corrected chi connectivity index (χ1v) is 8.45. The monoisotopic (exact) mass is 425 g/mol. The number of aliphatic hydroxyl groups excluding tert-OH is 1. The number of azide groups is 1. The summed E-state index contributed by atoms with van der Waals surface area (Å²) < 4.78 is 25.9. The number of hydrogen-bond donors (Lipinski definition) is 2. The van der Waals surface area contributed by atoms with Crippen LogP contribution < -0.4 is 11.2 Å². The summed E-state index contributed by atoms with van der Waals surface area (Å²) in [6, 6.07) is 6.69. The average molecular weight is 426 g/mol. The summed E-state index contributed by atoms with van der Waals surface area (Å²) in [5.74, 6) is -0.907. The van der Waals surface area contributed by atoms with Crippen LogP contribution in [0.25, 0.3) is 10.4 Å². The summed E-state index contributed by atoms with van der Waals surface area (Å²) in [4.78, 5) is 39.7. The Morgan fingerprint density at radius 2 is 2.24 bits per heavy atom. The molecule has 11 nitrogen and oxygen atoms in total. The number of nitrogens with one attached hydrogen (secondary N) is 1. The molecular weight excluding hydrogens is 413 g/mol. The van der Waals surface area contributed by atoms with E-state index < -0.39 is 48.1 Å². The van der Waals surface area contributed by atoms with Crippen LogP contribution in [0.2, 0.25) is 5.02 Å². The number of nitrogens with zero attached hydrogens (tertiary/aromatic N) is 4. The second kappa shape index (κ2) is 8.05. The maximum absolute atomic E-state index is 14.8. The van der Waals surface area contributed by atoms with E-state index in [2.05, 4.69) is 10.0 Å². The van der Waals surface area contributed by atoms with Gasteiger partial charge in [-0.25, -0.2) is 14.0 Å². The van der Waals surface area contributed by atoms with Gasteiger partial charge >= 0.3 is 11.7 Å². The SMILES string of the molecule is [N-]=[N+]=NC1(COC(=O)c2cccc(Cl)c2)OC(n2ccc(=O)[nH]c2=O)C(O)C1F. The van der Waals surface area contributed by atoms with E-state index in [1.807, 2.05) is 4.98 Å². The van der Waals surface area contributed by atoms with E-state index >= 15 is 0 Å². The van der Waals surface area contributed by atoms with Crippen LogP contribution in [-0.2, 0) is 9.47 Å². The minimum atomic E-state index is -2.44. The van der Waals surface area contributed by atoms with Gasteiger partial charge < -0.3 is 14.6 Å². The molecule has 0 aliphatic carbocycles.